The van der Waals surface area contributed by atoms with Crippen LogP contribution >= 0.6 is 0 Å². The number of nitrogens with one attached hydrogen (secondary N) is 1. The lowest BCUT2D eigenvalue weighted by atomic mass is 10.2. The summed E-state index contributed by atoms with van der Waals surface area (Å²) in [5.41, 5.74) is 4.68. The molecule has 160 valence electrons. The number of aromatic nitrogens is 3. The highest BCUT2D eigenvalue weighted by Crippen LogP contribution is 2.28. The van der Waals surface area contributed by atoms with Gasteiger partial charge in [-0.1, -0.05) is 48.5 Å². The maximum absolute atomic E-state index is 13.1. The number of imidazole rings is 1. The van der Waals surface area contributed by atoms with E-state index in [2.05, 4.69) is 28.1 Å². The van der Waals surface area contributed by atoms with Crippen LogP contribution in [0.3, 0.4) is 0 Å². The van der Waals surface area contributed by atoms with Gasteiger partial charge in [-0.05, 0) is 35.9 Å². The summed E-state index contributed by atoms with van der Waals surface area (Å²) in [6, 6.07) is 26.0. The first-order chi connectivity index (χ1) is 15.7. The zero-order valence-electron chi connectivity index (χ0n) is 18.1. The molecule has 2 aromatic heterocycles. The van der Waals surface area contributed by atoms with Crippen molar-refractivity contribution in [3.63, 3.8) is 0 Å². The number of fused-ring (bicyclic) bond motifs is 2. The van der Waals surface area contributed by atoms with Crippen molar-refractivity contribution in [3.05, 3.63) is 95.9 Å². The van der Waals surface area contributed by atoms with Crippen molar-refractivity contribution in [1.82, 2.24) is 19.4 Å². The van der Waals surface area contributed by atoms with Crippen LogP contribution in [0.15, 0.2) is 78.9 Å². The zero-order valence-corrected chi connectivity index (χ0v) is 18.1. The van der Waals surface area contributed by atoms with Gasteiger partial charge >= 0.3 is 0 Å². The molecule has 0 unspecified atom stereocenters. The number of hydrogen-bond donors (Lipinski definition) is 1. The fraction of sp³-hybridized carbons (Fsp3) is 0.154. The van der Waals surface area contributed by atoms with E-state index in [0.717, 1.165) is 33.5 Å². The highest BCUT2D eigenvalue weighted by molar-refractivity contribution is 6.00. The highest BCUT2D eigenvalue weighted by atomic mass is 16.5. The first-order valence-corrected chi connectivity index (χ1v) is 10.5. The third kappa shape index (κ3) is 3.50. The van der Waals surface area contributed by atoms with Gasteiger partial charge in [0.2, 0.25) is 0 Å². The van der Waals surface area contributed by atoms with Gasteiger partial charge in [-0.2, -0.15) is 0 Å². The molecule has 5 aromatic rings. The number of carbonyl (C=O) groups excluding carboxylic acids is 1. The fourth-order valence-electron chi connectivity index (χ4n) is 4.18. The Morgan fingerprint density at radius 2 is 1.72 bits per heavy atom. The van der Waals surface area contributed by atoms with Crippen molar-refractivity contribution in [1.29, 1.82) is 0 Å². The van der Waals surface area contributed by atoms with Crippen molar-refractivity contribution >= 4 is 27.8 Å². The van der Waals surface area contributed by atoms with Gasteiger partial charge in [-0.3, -0.25) is 4.79 Å². The molecule has 3 aromatic carbocycles. The monoisotopic (exact) mass is 424 g/mol. The third-order valence-corrected chi connectivity index (χ3v) is 5.82. The number of nitrogens with zero attached hydrogens (tertiary/aromatic N) is 3. The molecule has 0 aliphatic heterocycles. The van der Waals surface area contributed by atoms with Crippen molar-refractivity contribution in [3.8, 4) is 5.75 Å². The molecule has 1 amide bonds. The lowest BCUT2D eigenvalue weighted by molar-refractivity contribution is 0.0942. The summed E-state index contributed by atoms with van der Waals surface area (Å²) < 4.78 is 9.50. The lowest BCUT2D eigenvalue weighted by Gasteiger charge is -2.11. The summed E-state index contributed by atoms with van der Waals surface area (Å²) >= 11 is 0. The van der Waals surface area contributed by atoms with Gasteiger partial charge < -0.3 is 19.2 Å². The van der Waals surface area contributed by atoms with Gasteiger partial charge in [-0.25, -0.2) is 4.98 Å². The van der Waals surface area contributed by atoms with E-state index in [9.17, 15) is 4.79 Å². The van der Waals surface area contributed by atoms with E-state index in [1.54, 1.807) is 7.11 Å². The number of aryl methyl sites for hydroxylation is 1. The van der Waals surface area contributed by atoms with Crippen LogP contribution in [0.1, 0.15) is 21.9 Å². The number of benzene rings is 3. The molecular weight excluding hydrogens is 400 g/mol. The van der Waals surface area contributed by atoms with Crippen molar-refractivity contribution < 1.29 is 9.53 Å². The Morgan fingerprint density at radius 1 is 0.969 bits per heavy atom. The van der Waals surface area contributed by atoms with Crippen LogP contribution in [0.4, 0.5) is 0 Å². The molecule has 0 atom stereocenters. The minimum absolute atomic E-state index is 0.149. The molecule has 32 heavy (non-hydrogen) atoms. The minimum Gasteiger partial charge on any atom is -0.496 e. The maximum Gasteiger partial charge on any atom is 0.268 e. The van der Waals surface area contributed by atoms with Crippen LogP contribution in [0.5, 0.6) is 5.75 Å². The van der Waals surface area contributed by atoms with E-state index in [4.69, 9.17) is 9.72 Å². The molecule has 0 saturated carbocycles. The molecule has 0 aliphatic carbocycles. The van der Waals surface area contributed by atoms with Crippen LogP contribution in [-0.4, -0.2) is 27.1 Å². The van der Waals surface area contributed by atoms with Crippen molar-refractivity contribution in [2.45, 2.75) is 13.1 Å². The first kappa shape index (κ1) is 19.9. The molecule has 5 rings (SSSR count). The Labute approximate surface area is 186 Å². The fourth-order valence-corrected chi connectivity index (χ4v) is 4.18. The SMILES string of the molecule is COc1cccc2c1cc(C(=O)NCc1nc3ccccc3n1Cc1ccccc1)n2C. The second-order valence-electron chi connectivity index (χ2n) is 7.75. The van der Waals surface area contributed by atoms with Crippen LogP contribution < -0.4 is 10.1 Å². The smallest absolute Gasteiger partial charge is 0.268 e. The average Bonchev–Trinajstić information content (AvgIpc) is 3.36. The Bertz CT molecular complexity index is 1420. The molecular formula is C26H24N4O2. The van der Waals surface area contributed by atoms with Crippen LogP contribution in [-0.2, 0) is 20.1 Å². The summed E-state index contributed by atoms with van der Waals surface area (Å²) in [4.78, 5) is 17.9. The van der Waals surface area contributed by atoms with E-state index < -0.39 is 0 Å². The van der Waals surface area contributed by atoms with Crippen LogP contribution in [0, 0.1) is 0 Å². The summed E-state index contributed by atoms with van der Waals surface area (Å²) in [5.74, 6) is 1.42. The van der Waals surface area contributed by atoms with Crippen molar-refractivity contribution in [2.75, 3.05) is 7.11 Å². The normalized spacial score (nSPS) is 11.2. The maximum atomic E-state index is 13.1. The van der Waals surface area contributed by atoms with Gasteiger partial charge in [0.05, 0.1) is 30.2 Å². The lowest BCUT2D eigenvalue weighted by Crippen LogP contribution is -2.26. The standard InChI is InChI=1S/C26H24N4O2/c1-29-21-13-8-14-24(32-2)19(21)15-23(29)26(31)27-16-25-28-20-11-6-7-12-22(20)30(25)17-18-9-4-3-5-10-18/h3-15H,16-17H2,1-2H3,(H,27,31). The van der Waals surface area contributed by atoms with E-state index in [-0.39, 0.29) is 5.91 Å². The van der Waals surface area contributed by atoms with Gasteiger partial charge in [-0.15, -0.1) is 0 Å². The molecule has 6 nitrogen and oxygen atoms in total. The average molecular weight is 425 g/mol. The summed E-state index contributed by atoms with van der Waals surface area (Å²) in [5, 5.41) is 3.97. The van der Waals surface area contributed by atoms with Crippen LogP contribution in [0.25, 0.3) is 21.9 Å². The number of amides is 1. The number of rotatable bonds is 6. The van der Waals surface area contributed by atoms with Gasteiger partial charge in [0.25, 0.3) is 5.91 Å². The Kier molecular flexibility index (Phi) is 5.11. The Hall–Kier alpha value is -4.06. The summed E-state index contributed by atoms with van der Waals surface area (Å²) in [7, 11) is 3.53. The number of hydrogen-bond acceptors (Lipinski definition) is 3. The minimum atomic E-state index is -0.149. The molecule has 0 fully saturated rings. The van der Waals surface area contributed by atoms with Crippen LogP contribution in [0.2, 0.25) is 0 Å². The zero-order chi connectivity index (χ0) is 22.1. The molecule has 0 bridgehead atoms. The Balaban J connectivity index is 1.44. The second-order valence-corrected chi connectivity index (χ2v) is 7.75. The highest BCUT2D eigenvalue weighted by Gasteiger charge is 2.17. The molecule has 6 heteroatoms. The summed E-state index contributed by atoms with van der Waals surface area (Å²) in [6.45, 7) is 1.02. The number of para-hydroxylation sites is 2. The Morgan fingerprint density at radius 3 is 2.53 bits per heavy atom. The second kappa shape index (κ2) is 8.23. The summed E-state index contributed by atoms with van der Waals surface area (Å²) in [6.07, 6.45) is 0. The predicted molar refractivity (Wildman–Crippen MR) is 126 cm³/mol. The van der Waals surface area contributed by atoms with Gasteiger partial charge in [0.1, 0.15) is 17.3 Å². The van der Waals surface area contributed by atoms with E-state index in [1.165, 1.54) is 5.56 Å². The molecule has 0 radical (unpaired) electrons. The third-order valence-electron chi connectivity index (χ3n) is 5.82. The predicted octanol–water partition coefficient (Wildman–Crippen LogP) is 4.51. The first-order valence-electron chi connectivity index (χ1n) is 10.5. The largest absolute Gasteiger partial charge is 0.496 e. The molecule has 0 spiro atoms. The quantitative estimate of drug-likeness (QED) is 0.436. The molecule has 1 N–H and O–H groups in total. The van der Waals surface area contributed by atoms with Crippen molar-refractivity contribution in [2.24, 2.45) is 7.05 Å². The number of methoxy groups -OCH3 is 1. The number of ether oxygens (including phenoxy) is 1. The molecule has 2 heterocycles. The molecule has 0 saturated heterocycles. The van der Waals surface area contributed by atoms with Gasteiger partial charge in [0, 0.05) is 19.0 Å². The number of carbonyl (C=O) groups is 1. The van der Waals surface area contributed by atoms with Gasteiger partial charge in [0.15, 0.2) is 0 Å². The molecule has 0 aliphatic rings. The topological polar surface area (TPSA) is 61.1 Å². The van der Waals surface area contributed by atoms with E-state index in [1.807, 2.05) is 72.3 Å². The van der Waals surface area contributed by atoms with E-state index in [0.29, 0.717) is 18.8 Å². The van der Waals surface area contributed by atoms with E-state index >= 15 is 0 Å².